The van der Waals surface area contributed by atoms with Crippen LogP contribution in [-0.4, -0.2) is 29.6 Å². The van der Waals surface area contributed by atoms with Crippen molar-refractivity contribution in [2.75, 3.05) is 24.9 Å². The molecule has 0 radical (unpaired) electrons. The number of hydrogen-bond acceptors (Lipinski definition) is 6. The Bertz CT molecular complexity index is 1380. The second-order valence-electron chi connectivity index (χ2n) is 7.48. The Morgan fingerprint density at radius 1 is 0.912 bits per heavy atom. The van der Waals surface area contributed by atoms with Crippen molar-refractivity contribution in [2.45, 2.75) is 13.5 Å². The molecule has 2 N–H and O–H groups in total. The van der Waals surface area contributed by atoms with Gasteiger partial charge in [-0.1, -0.05) is 6.07 Å². The van der Waals surface area contributed by atoms with E-state index in [9.17, 15) is 9.59 Å². The Kier molecular flexibility index (Phi) is 6.63. The zero-order valence-electron chi connectivity index (χ0n) is 19.0. The van der Waals surface area contributed by atoms with Gasteiger partial charge in [0.1, 0.15) is 18.0 Å². The van der Waals surface area contributed by atoms with Gasteiger partial charge in [-0.15, -0.1) is 0 Å². The number of anilines is 2. The maximum absolute atomic E-state index is 12.3. The number of nitrogens with one attached hydrogen (secondary N) is 2. The molecule has 2 heterocycles. The number of rotatable bonds is 7. The molecule has 0 aliphatic rings. The molecule has 4 aromatic rings. The number of ether oxygens (including phenoxy) is 3. The van der Waals surface area contributed by atoms with Crippen molar-refractivity contribution < 1.29 is 19.0 Å². The highest BCUT2D eigenvalue weighted by atomic mass is 16.5. The van der Waals surface area contributed by atoms with Crippen LogP contribution >= 0.6 is 0 Å². The first-order valence-electron chi connectivity index (χ1n) is 10.5. The molecule has 174 valence electrons. The molecule has 0 bridgehead atoms. The van der Waals surface area contributed by atoms with E-state index >= 15 is 0 Å². The summed E-state index contributed by atoms with van der Waals surface area (Å²) in [4.78, 5) is 29.1. The lowest BCUT2D eigenvalue weighted by molar-refractivity contribution is 0.262. The van der Waals surface area contributed by atoms with E-state index in [1.165, 1.54) is 17.6 Å². The van der Waals surface area contributed by atoms with E-state index in [2.05, 4.69) is 15.6 Å². The number of benzene rings is 2. The van der Waals surface area contributed by atoms with E-state index in [1.807, 2.05) is 13.0 Å². The quantitative estimate of drug-likeness (QED) is 0.428. The fraction of sp³-hybridized carbons (Fsp3) is 0.160. The summed E-state index contributed by atoms with van der Waals surface area (Å²) in [5.41, 5.74) is 3.06. The number of aryl methyl sites for hydroxylation is 1. The van der Waals surface area contributed by atoms with Crippen molar-refractivity contribution in [1.29, 1.82) is 0 Å². The summed E-state index contributed by atoms with van der Waals surface area (Å²) < 4.78 is 17.7. The van der Waals surface area contributed by atoms with Crippen LogP contribution in [0.5, 0.6) is 17.2 Å². The van der Waals surface area contributed by atoms with Crippen LogP contribution in [0.2, 0.25) is 0 Å². The normalized spacial score (nSPS) is 10.6. The first kappa shape index (κ1) is 22.7. The molecule has 9 nitrogen and oxygen atoms in total. The lowest BCUT2D eigenvalue weighted by Crippen LogP contribution is -2.19. The molecule has 0 aliphatic heterocycles. The predicted octanol–water partition coefficient (Wildman–Crippen LogP) is 4.24. The van der Waals surface area contributed by atoms with Gasteiger partial charge in [0, 0.05) is 29.7 Å². The van der Waals surface area contributed by atoms with E-state index in [0.717, 1.165) is 5.56 Å². The molecule has 0 saturated heterocycles. The third-order valence-corrected chi connectivity index (χ3v) is 5.00. The molecule has 2 aromatic heterocycles. The number of pyridine rings is 1. The Hall–Kier alpha value is -4.53. The molecule has 0 fully saturated rings. The smallest absolute Gasteiger partial charge is 0.323 e. The number of aromatic nitrogens is 2. The summed E-state index contributed by atoms with van der Waals surface area (Å²) in [5, 5.41) is 5.50. The van der Waals surface area contributed by atoms with Crippen LogP contribution < -0.4 is 30.4 Å². The number of hydrogen-bond donors (Lipinski definition) is 2. The van der Waals surface area contributed by atoms with Gasteiger partial charge in [0.05, 0.1) is 19.9 Å². The molecule has 0 aliphatic carbocycles. The number of urea groups is 1. The Balaban J connectivity index is 1.35. The van der Waals surface area contributed by atoms with Crippen LogP contribution in [0.4, 0.5) is 16.2 Å². The maximum atomic E-state index is 12.3. The van der Waals surface area contributed by atoms with Gasteiger partial charge >= 0.3 is 6.03 Å². The standard InChI is InChI=1S/C25H24N4O5/c1-16-4-11-23-26-19(13-24(30)29(23)14-16)15-34-20-8-5-17(6-9-20)27-25(31)28-18-7-10-21(32-2)22(12-18)33-3/h4-14H,15H2,1-3H3,(H2,27,28,31). The highest BCUT2D eigenvalue weighted by Crippen LogP contribution is 2.29. The van der Waals surface area contributed by atoms with Crippen LogP contribution in [0.1, 0.15) is 11.3 Å². The molecule has 2 aromatic carbocycles. The van der Waals surface area contributed by atoms with Crippen molar-refractivity contribution >= 4 is 23.1 Å². The molecule has 2 amide bonds. The minimum absolute atomic E-state index is 0.145. The van der Waals surface area contributed by atoms with E-state index < -0.39 is 6.03 Å². The van der Waals surface area contributed by atoms with Crippen LogP contribution in [-0.2, 0) is 6.61 Å². The zero-order valence-corrected chi connectivity index (χ0v) is 19.0. The molecule has 4 rings (SSSR count). The Labute approximate surface area is 195 Å². The Morgan fingerprint density at radius 2 is 1.62 bits per heavy atom. The molecule has 0 unspecified atom stereocenters. The number of methoxy groups -OCH3 is 2. The molecule has 0 atom stereocenters. The number of fused-ring (bicyclic) bond motifs is 1. The van der Waals surface area contributed by atoms with Gasteiger partial charge in [-0.3, -0.25) is 9.20 Å². The monoisotopic (exact) mass is 460 g/mol. The second-order valence-corrected chi connectivity index (χ2v) is 7.48. The summed E-state index contributed by atoms with van der Waals surface area (Å²) in [6.45, 7) is 2.06. The maximum Gasteiger partial charge on any atom is 0.323 e. The van der Waals surface area contributed by atoms with Gasteiger partial charge in [-0.25, -0.2) is 9.78 Å². The van der Waals surface area contributed by atoms with Crippen LogP contribution in [0.25, 0.3) is 5.65 Å². The number of carbonyl (C=O) groups is 1. The van der Waals surface area contributed by atoms with E-state index in [0.29, 0.717) is 40.0 Å². The summed E-state index contributed by atoms with van der Waals surface area (Å²) in [6, 6.07) is 16.7. The van der Waals surface area contributed by atoms with E-state index in [-0.39, 0.29) is 12.2 Å². The predicted molar refractivity (Wildman–Crippen MR) is 129 cm³/mol. The van der Waals surface area contributed by atoms with E-state index in [4.69, 9.17) is 14.2 Å². The number of carbonyl (C=O) groups excluding carboxylic acids is 1. The van der Waals surface area contributed by atoms with Crippen molar-refractivity contribution in [3.8, 4) is 17.2 Å². The van der Waals surface area contributed by atoms with Gasteiger partial charge in [0.15, 0.2) is 11.5 Å². The van der Waals surface area contributed by atoms with E-state index in [1.54, 1.807) is 61.8 Å². The average Bonchev–Trinajstić information content (AvgIpc) is 2.84. The van der Waals surface area contributed by atoms with Gasteiger partial charge in [-0.05, 0) is 55.0 Å². The molecule has 34 heavy (non-hydrogen) atoms. The minimum Gasteiger partial charge on any atom is -0.493 e. The van der Waals surface area contributed by atoms with Crippen molar-refractivity contribution in [3.05, 3.63) is 88.5 Å². The third kappa shape index (κ3) is 5.26. The molecular formula is C25H24N4O5. The van der Waals surface area contributed by atoms with Gasteiger partial charge in [0.25, 0.3) is 5.56 Å². The van der Waals surface area contributed by atoms with Crippen LogP contribution in [0.3, 0.4) is 0 Å². The van der Waals surface area contributed by atoms with Crippen molar-refractivity contribution in [2.24, 2.45) is 0 Å². The van der Waals surface area contributed by atoms with Gasteiger partial charge in [-0.2, -0.15) is 0 Å². The van der Waals surface area contributed by atoms with Crippen molar-refractivity contribution in [3.63, 3.8) is 0 Å². The fourth-order valence-electron chi connectivity index (χ4n) is 3.33. The second kappa shape index (κ2) is 9.95. The number of nitrogens with zero attached hydrogens (tertiary/aromatic N) is 2. The zero-order chi connectivity index (χ0) is 24.1. The third-order valence-electron chi connectivity index (χ3n) is 5.00. The summed E-state index contributed by atoms with van der Waals surface area (Å²) >= 11 is 0. The molecular weight excluding hydrogens is 436 g/mol. The summed E-state index contributed by atoms with van der Waals surface area (Å²) in [6.07, 6.45) is 1.75. The van der Waals surface area contributed by atoms with Crippen LogP contribution in [0.15, 0.2) is 71.7 Å². The molecule has 0 spiro atoms. The van der Waals surface area contributed by atoms with Gasteiger partial charge in [0.2, 0.25) is 0 Å². The first-order chi connectivity index (χ1) is 16.4. The average molecular weight is 460 g/mol. The SMILES string of the molecule is COc1ccc(NC(=O)Nc2ccc(OCc3cc(=O)n4cc(C)ccc4n3)cc2)cc1OC. The first-order valence-corrected chi connectivity index (χ1v) is 10.5. The summed E-state index contributed by atoms with van der Waals surface area (Å²) in [7, 11) is 3.07. The highest BCUT2D eigenvalue weighted by Gasteiger charge is 2.08. The molecule has 9 heteroatoms. The minimum atomic E-state index is -0.406. The largest absolute Gasteiger partial charge is 0.493 e. The highest BCUT2D eigenvalue weighted by molar-refractivity contribution is 5.99. The lowest BCUT2D eigenvalue weighted by Gasteiger charge is -2.12. The van der Waals surface area contributed by atoms with Gasteiger partial charge < -0.3 is 24.8 Å². The lowest BCUT2D eigenvalue weighted by atomic mass is 10.2. The molecule has 0 saturated carbocycles. The van der Waals surface area contributed by atoms with Crippen molar-refractivity contribution in [1.82, 2.24) is 9.38 Å². The Morgan fingerprint density at radius 3 is 2.35 bits per heavy atom. The van der Waals surface area contributed by atoms with Crippen LogP contribution in [0, 0.1) is 6.92 Å². The topological polar surface area (TPSA) is 103 Å². The fourth-order valence-corrected chi connectivity index (χ4v) is 3.33. The summed E-state index contributed by atoms with van der Waals surface area (Å²) in [5.74, 6) is 1.67. The number of amides is 2.